The van der Waals surface area contributed by atoms with Gasteiger partial charge in [0.25, 0.3) is 0 Å². The van der Waals surface area contributed by atoms with Crippen LogP contribution in [0.3, 0.4) is 0 Å². The molecule has 0 N–H and O–H groups in total. The number of hydrogen-bond acceptors (Lipinski definition) is 0. The average Bonchev–Trinajstić information content (AvgIpc) is 2.68. The number of allylic oxidation sites excluding steroid dienone is 2. The fraction of sp³-hybridized carbons (Fsp3) is 0.680. The van der Waals surface area contributed by atoms with Gasteiger partial charge in [0.05, 0.1) is 0 Å². The maximum atomic E-state index is 12.9. The van der Waals surface area contributed by atoms with Gasteiger partial charge in [0.2, 0.25) is 0 Å². The van der Waals surface area contributed by atoms with Gasteiger partial charge < -0.3 is 0 Å². The summed E-state index contributed by atoms with van der Waals surface area (Å²) in [5.41, 5.74) is 1.23. The molecular weight excluding hydrogens is 319 g/mol. The van der Waals surface area contributed by atoms with E-state index in [2.05, 4.69) is 19.1 Å². The summed E-state index contributed by atoms with van der Waals surface area (Å²) < 4.78 is 12.9. The summed E-state index contributed by atoms with van der Waals surface area (Å²) in [5.74, 6) is 3.75. The summed E-state index contributed by atoms with van der Waals surface area (Å²) in [7, 11) is 0. The molecule has 0 atom stereocenters. The summed E-state index contributed by atoms with van der Waals surface area (Å²) >= 11 is 0. The largest absolute Gasteiger partial charge is 0.207 e. The first-order valence-corrected chi connectivity index (χ1v) is 11.2. The predicted molar refractivity (Wildman–Crippen MR) is 110 cm³/mol. The van der Waals surface area contributed by atoms with Gasteiger partial charge in [-0.2, -0.15) is 0 Å². The second-order valence-corrected chi connectivity index (χ2v) is 8.84. The minimum absolute atomic E-state index is 0.139. The van der Waals surface area contributed by atoms with Gasteiger partial charge in [-0.15, -0.1) is 0 Å². The van der Waals surface area contributed by atoms with Crippen LogP contribution in [0.1, 0.15) is 83.1 Å². The van der Waals surface area contributed by atoms with Gasteiger partial charge in [0.15, 0.2) is 0 Å². The molecule has 1 heteroatoms. The number of hydrogen-bond donors (Lipinski definition) is 0. The molecule has 0 aliphatic heterocycles. The van der Waals surface area contributed by atoms with Gasteiger partial charge in [-0.3, -0.25) is 0 Å². The molecule has 1 aromatic carbocycles. The van der Waals surface area contributed by atoms with Gasteiger partial charge in [-0.1, -0.05) is 56.9 Å². The Morgan fingerprint density at radius 1 is 0.885 bits per heavy atom. The Hall–Kier alpha value is -1.11. The van der Waals surface area contributed by atoms with Crippen LogP contribution in [0.4, 0.5) is 4.39 Å². The quantitative estimate of drug-likeness (QED) is 0.438. The molecule has 2 saturated carbocycles. The Kier molecular flexibility index (Phi) is 7.77. The first kappa shape index (κ1) is 19.6. The SMILES string of the molecule is CCCC1CCC(C2CCC(/C=C/CCc3ccc(F)cc3)CC2)CC1. The smallest absolute Gasteiger partial charge is 0.123 e. The fourth-order valence-corrected chi connectivity index (χ4v) is 5.36. The van der Waals surface area contributed by atoms with E-state index < -0.39 is 0 Å². The molecule has 2 fully saturated rings. The van der Waals surface area contributed by atoms with Crippen LogP contribution < -0.4 is 0 Å². The molecule has 0 heterocycles. The van der Waals surface area contributed by atoms with Crippen LogP contribution in [0, 0.1) is 29.5 Å². The lowest BCUT2D eigenvalue weighted by atomic mass is 9.68. The molecule has 0 spiro atoms. The van der Waals surface area contributed by atoms with E-state index in [1.54, 1.807) is 12.1 Å². The van der Waals surface area contributed by atoms with Crippen LogP contribution in [0.5, 0.6) is 0 Å². The van der Waals surface area contributed by atoms with Crippen LogP contribution in [0.25, 0.3) is 0 Å². The Bertz CT molecular complexity index is 528. The standard InChI is InChI=1S/C25H37F/c1-2-5-20-8-14-23(15-9-20)24-16-10-21(11-17-24)6-3-4-7-22-12-18-25(26)19-13-22/h3,6,12-13,18-21,23-24H,2,4-5,7-11,14-17H2,1H3/b6-3+. The second kappa shape index (κ2) is 10.3. The zero-order valence-corrected chi connectivity index (χ0v) is 16.6. The minimum atomic E-state index is -0.139. The highest BCUT2D eigenvalue weighted by Crippen LogP contribution is 2.42. The Morgan fingerprint density at radius 3 is 2.12 bits per heavy atom. The molecule has 0 nitrogen and oxygen atoms in total. The molecule has 0 amide bonds. The lowest BCUT2D eigenvalue weighted by molar-refractivity contribution is 0.152. The van der Waals surface area contributed by atoms with Crippen molar-refractivity contribution in [2.24, 2.45) is 23.7 Å². The van der Waals surface area contributed by atoms with Crippen LogP contribution in [0.2, 0.25) is 0 Å². The summed E-state index contributed by atoms with van der Waals surface area (Å²) in [6, 6.07) is 6.94. The lowest BCUT2D eigenvalue weighted by Crippen LogP contribution is -2.25. The number of benzene rings is 1. The molecule has 0 saturated heterocycles. The van der Waals surface area contributed by atoms with Crippen molar-refractivity contribution in [3.05, 3.63) is 47.8 Å². The van der Waals surface area contributed by atoms with Gasteiger partial charge in [0.1, 0.15) is 5.82 Å². The summed E-state index contributed by atoms with van der Waals surface area (Å²) in [6.45, 7) is 2.33. The van der Waals surface area contributed by atoms with Crippen molar-refractivity contribution < 1.29 is 4.39 Å². The van der Waals surface area contributed by atoms with Gasteiger partial charge in [-0.05, 0) is 92.7 Å². The molecule has 1 aromatic rings. The normalized spacial score (nSPS) is 29.9. The maximum Gasteiger partial charge on any atom is 0.123 e. The number of aryl methyl sites for hydroxylation is 1. The topological polar surface area (TPSA) is 0 Å². The predicted octanol–water partition coefficient (Wildman–Crippen LogP) is 7.73. The van der Waals surface area contributed by atoms with Crippen molar-refractivity contribution in [3.8, 4) is 0 Å². The lowest BCUT2D eigenvalue weighted by Gasteiger charge is -2.37. The maximum absolute atomic E-state index is 12.9. The summed E-state index contributed by atoms with van der Waals surface area (Å²) in [6.07, 6.45) is 21.5. The van der Waals surface area contributed by atoms with E-state index >= 15 is 0 Å². The highest BCUT2D eigenvalue weighted by Gasteiger charge is 2.29. The van der Waals surface area contributed by atoms with Crippen molar-refractivity contribution in [1.29, 1.82) is 0 Å². The molecule has 0 unspecified atom stereocenters. The highest BCUT2D eigenvalue weighted by molar-refractivity contribution is 5.16. The minimum Gasteiger partial charge on any atom is -0.207 e. The Labute approximate surface area is 160 Å². The first-order chi connectivity index (χ1) is 12.7. The molecule has 3 rings (SSSR count). The van der Waals surface area contributed by atoms with E-state index in [9.17, 15) is 4.39 Å². The van der Waals surface area contributed by atoms with E-state index in [0.29, 0.717) is 0 Å². The third-order valence-electron chi connectivity index (χ3n) is 6.99. The van der Waals surface area contributed by atoms with Crippen molar-refractivity contribution in [3.63, 3.8) is 0 Å². The molecule has 2 aliphatic rings. The number of rotatable bonds is 7. The Morgan fingerprint density at radius 2 is 1.50 bits per heavy atom. The van der Waals surface area contributed by atoms with Gasteiger partial charge in [-0.25, -0.2) is 4.39 Å². The molecule has 0 aromatic heterocycles. The monoisotopic (exact) mass is 356 g/mol. The van der Waals surface area contributed by atoms with E-state index in [-0.39, 0.29) is 5.82 Å². The summed E-state index contributed by atoms with van der Waals surface area (Å²) in [5, 5.41) is 0. The molecular formula is C25H37F. The average molecular weight is 357 g/mol. The van der Waals surface area contributed by atoms with E-state index in [0.717, 1.165) is 36.5 Å². The van der Waals surface area contributed by atoms with Crippen LogP contribution in [-0.2, 0) is 6.42 Å². The molecule has 144 valence electrons. The van der Waals surface area contributed by atoms with Crippen molar-refractivity contribution >= 4 is 0 Å². The van der Waals surface area contributed by atoms with Crippen LogP contribution in [0.15, 0.2) is 36.4 Å². The van der Waals surface area contributed by atoms with Crippen molar-refractivity contribution in [1.82, 2.24) is 0 Å². The number of halogens is 1. The van der Waals surface area contributed by atoms with Crippen molar-refractivity contribution in [2.75, 3.05) is 0 Å². The second-order valence-electron chi connectivity index (χ2n) is 8.84. The fourth-order valence-electron chi connectivity index (χ4n) is 5.36. The Balaban J connectivity index is 1.33. The van der Waals surface area contributed by atoms with Gasteiger partial charge >= 0.3 is 0 Å². The molecule has 2 aliphatic carbocycles. The summed E-state index contributed by atoms with van der Waals surface area (Å²) in [4.78, 5) is 0. The molecule has 26 heavy (non-hydrogen) atoms. The van der Waals surface area contributed by atoms with Crippen LogP contribution >= 0.6 is 0 Å². The molecule has 0 bridgehead atoms. The highest BCUT2D eigenvalue weighted by atomic mass is 19.1. The van der Waals surface area contributed by atoms with E-state index in [1.165, 1.54) is 69.8 Å². The van der Waals surface area contributed by atoms with Crippen molar-refractivity contribution in [2.45, 2.75) is 84.0 Å². The third kappa shape index (κ3) is 5.96. The zero-order chi connectivity index (χ0) is 18.2. The third-order valence-corrected chi connectivity index (χ3v) is 6.99. The van der Waals surface area contributed by atoms with Crippen LogP contribution in [-0.4, -0.2) is 0 Å². The van der Waals surface area contributed by atoms with E-state index in [4.69, 9.17) is 0 Å². The zero-order valence-electron chi connectivity index (χ0n) is 16.6. The van der Waals surface area contributed by atoms with E-state index in [1.807, 2.05) is 12.1 Å². The molecule has 0 radical (unpaired) electrons. The van der Waals surface area contributed by atoms with Gasteiger partial charge in [0, 0.05) is 0 Å². The first-order valence-electron chi connectivity index (χ1n) is 11.2.